The van der Waals surface area contributed by atoms with E-state index >= 15 is 0 Å². The van der Waals surface area contributed by atoms with Crippen LogP contribution in [-0.2, 0) is 4.79 Å². The summed E-state index contributed by atoms with van der Waals surface area (Å²) in [6.45, 7) is 0. The van der Waals surface area contributed by atoms with Crippen LogP contribution < -0.4 is 25.4 Å². The minimum absolute atomic E-state index is 0.0817. The number of halogens is 1. The summed E-state index contributed by atoms with van der Waals surface area (Å²) in [7, 11) is 0. The van der Waals surface area contributed by atoms with Gasteiger partial charge in [-0.2, -0.15) is 0 Å². The molecular formula is C7H13INO2-. The Morgan fingerprint density at radius 2 is 1.91 bits per heavy atom. The van der Waals surface area contributed by atoms with E-state index < -0.39 is 5.97 Å². The first-order valence-corrected chi connectivity index (χ1v) is 6.28. The molecule has 1 rings (SSSR count). The van der Waals surface area contributed by atoms with Crippen molar-refractivity contribution in [3.63, 3.8) is 0 Å². The SMILES string of the molecule is N[I-]C1CCC(C(=O)O)CC1. The van der Waals surface area contributed by atoms with Crippen molar-refractivity contribution >= 4 is 5.97 Å². The van der Waals surface area contributed by atoms with Crippen molar-refractivity contribution in [2.75, 3.05) is 0 Å². The van der Waals surface area contributed by atoms with Crippen molar-refractivity contribution in [3.05, 3.63) is 0 Å². The molecule has 0 aromatic carbocycles. The summed E-state index contributed by atoms with van der Waals surface area (Å²) < 4.78 is 6.27. The molecule has 0 atom stereocenters. The van der Waals surface area contributed by atoms with Gasteiger partial charge >= 0.3 is 76.8 Å². The fraction of sp³-hybridized carbons (Fsp3) is 0.857. The predicted octanol–water partition coefficient (Wildman–Crippen LogP) is -2.41. The molecule has 0 heterocycles. The topological polar surface area (TPSA) is 63.3 Å². The van der Waals surface area contributed by atoms with Crippen LogP contribution >= 0.6 is 0 Å². The summed E-state index contributed by atoms with van der Waals surface area (Å²) in [5.74, 6) is -0.708. The molecule has 3 N–H and O–H groups in total. The first kappa shape index (κ1) is 9.25. The minimum atomic E-state index is -0.626. The zero-order valence-corrected chi connectivity index (χ0v) is 8.45. The molecule has 0 unspecified atom stereocenters. The van der Waals surface area contributed by atoms with Gasteiger partial charge in [-0.3, -0.25) is 0 Å². The second-order valence-corrected chi connectivity index (χ2v) is 5.39. The molecule has 0 aliphatic heterocycles. The van der Waals surface area contributed by atoms with Gasteiger partial charge in [-0.15, -0.1) is 0 Å². The Kier molecular flexibility index (Phi) is 3.58. The van der Waals surface area contributed by atoms with Crippen LogP contribution in [0.25, 0.3) is 0 Å². The zero-order chi connectivity index (χ0) is 8.27. The third-order valence-corrected chi connectivity index (χ3v) is 4.45. The van der Waals surface area contributed by atoms with Crippen LogP contribution in [0.1, 0.15) is 25.7 Å². The molecule has 0 aromatic heterocycles. The third kappa shape index (κ3) is 2.59. The molecule has 0 aromatic rings. The van der Waals surface area contributed by atoms with Crippen molar-refractivity contribution in [2.24, 2.45) is 9.86 Å². The van der Waals surface area contributed by atoms with E-state index in [4.69, 9.17) is 9.05 Å². The first-order chi connectivity index (χ1) is 5.24. The molecule has 11 heavy (non-hydrogen) atoms. The molecule has 1 aliphatic rings. The van der Waals surface area contributed by atoms with Crippen molar-refractivity contribution in [1.82, 2.24) is 0 Å². The Labute approximate surface area is 77.0 Å². The van der Waals surface area contributed by atoms with E-state index in [2.05, 4.69) is 0 Å². The molecule has 0 bridgehead atoms. The average Bonchev–Trinajstić information content (AvgIpc) is 2.05. The molecule has 3 nitrogen and oxygen atoms in total. The van der Waals surface area contributed by atoms with Crippen molar-refractivity contribution < 1.29 is 31.4 Å². The number of aliphatic carboxylic acids is 1. The average molecular weight is 270 g/mol. The Morgan fingerprint density at radius 3 is 2.27 bits per heavy atom. The van der Waals surface area contributed by atoms with Crippen LogP contribution in [0.4, 0.5) is 0 Å². The van der Waals surface area contributed by atoms with Gasteiger partial charge < -0.3 is 0 Å². The molecule has 1 aliphatic carbocycles. The third-order valence-electron chi connectivity index (χ3n) is 2.18. The summed E-state index contributed by atoms with van der Waals surface area (Å²) in [6.07, 6.45) is 3.77. The fourth-order valence-electron chi connectivity index (χ4n) is 1.43. The van der Waals surface area contributed by atoms with Crippen LogP contribution in [0.15, 0.2) is 0 Å². The summed E-state index contributed by atoms with van der Waals surface area (Å²) in [4.78, 5) is 10.5. The fourth-order valence-corrected chi connectivity index (χ4v) is 2.86. The quantitative estimate of drug-likeness (QED) is 0.334. The second kappa shape index (κ2) is 4.25. The molecule has 0 spiro atoms. The summed E-state index contributed by atoms with van der Waals surface area (Å²) >= 11 is -0.146. The number of hydrogen-bond donors (Lipinski definition) is 2. The molecule has 66 valence electrons. The Bertz CT molecular complexity index is 143. The van der Waals surface area contributed by atoms with E-state index in [1.165, 1.54) is 0 Å². The Hall–Kier alpha value is 0.160. The maximum atomic E-state index is 10.5. The van der Waals surface area contributed by atoms with Gasteiger partial charge in [0.25, 0.3) is 0 Å². The molecular weight excluding hydrogens is 257 g/mol. The molecule has 0 saturated heterocycles. The number of carboxylic acids is 1. The van der Waals surface area contributed by atoms with E-state index in [9.17, 15) is 4.79 Å². The van der Waals surface area contributed by atoms with Gasteiger partial charge in [0.1, 0.15) is 0 Å². The van der Waals surface area contributed by atoms with Crippen LogP contribution in [0, 0.1) is 5.92 Å². The van der Waals surface area contributed by atoms with Gasteiger partial charge in [0, 0.05) is 0 Å². The predicted molar refractivity (Wildman–Crippen MR) is 37.6 cm³/mol. The van der Waals surface area contributed by atoms with E-state index in [1.807, 2.05) is 0 Å². The van der Waals surface area contributed by atoms with E-state index in [1.54, 1.807) is 0 Å². The molecule has 0 radical (unpaired) electrons. The van der Waals surface area contributed by atoms with Gasteiger partial charge in [0.2, 0.25) is 0 Å². The van der Waals surface area contributed by atoms with Crippen LogP contribution in [-0.4, -0.2) is 15.0 Å². The van der Waals surface area contributed by atoms with Crippen molar-refractivity contribution in [3.8, 4) is 0 Å². The summed E-state index contributed by atoms with van der Waals surface area (Å²) in [6, 6.07) is 0. The van der Waals surface area contributed by atoms with Crippen LogP contribution in [0.5, 0.6) is 0 Å². The zero-order valence-electron chi connectivity index (χ0n) is 6.29. The van der Waals surface area contributed by atoms with Crippen molar-refractivity contribution in [1.29, 1.82) is 0 Å². The number of alkyl halides is 1. The number of carboxylic acid groups (broad SMARTS) is 1. The Morgan fingerprint density at radius 1 is 1.36 bits per heavy atom. The number of rotatable bonds is 2. The first-order valence-electron chi connectivity index (χ1n) is 3.79. The maximum absolute atomic E-state index is 10.5. The van der Waals surface area contributed by atoms with Gasteiger partial charge in [-0.1, -0.05) is 0 Å². The number of hydrogen-bond acceptors (Lipinski definition) is 2. The van der Waals surface area contributed by atoms with Gasteiger partial charge in [0.05, 0.1) is 0 Å². The van der Waals surface area contributed by atoms with Crippen molar-refractivity contribution in [2.45, 2.75) is 29.6 Å². The monoisotopic (exact) mass is 270 g/mol. The summed E-state index contributed by atoms with van der Waals surface area (Å²) in [5, 5.41) is 8.67. The van der Waals surface area contributed by atoms with E-state index in [0.717, 1.165) is 25.7 Å². The van der Waals surface area contributed by atoms with E-state index in [-0.39, 0.29) is 27.4 Å². The van der Waals surface area contributed by atoms with Gasteiger partial charge in [-0.25, -0.2) is 0 Å². The van der Waals surface area contributed by atoms with Crippen LogP contribution in [0.2, 0.25) is 0 Å². The van der Waals surface area contributed by atoms with Crippen LogP contribution in [0.3, 0.4) is 0 Å². The Balaban J connectivity index is 2.30. The van der Waals surface area contributed by atoms with E-state index in [0.29, 0.717) is 3.92 Å². The van der Waals surface area contributed by atoms with Gasteiger partial charge in [-0.05, 0) is 0 Å². The number of nitrogens with two attached hydrogens (primary N) is 1. The summed E-state index contributed by atoms with van der Waals surface area (Å²) in [5.41, 5.74) is 0. The molecule has 4 heteroatoms. The second-order valence-electron chi connectivity index (χ2n) is 2.91. The molecule has 0 amide bonds. The standard InChI is InChI=1S/C7H13INO2/c9-8-6-3-1-5(2-4-6)7(10)11/h5-6H,1-4,9H2,(H,10,11)/q-1. The number of carbonyl (C=O) groups is 1. The van der Waals surface area contributed by atoms with Gasteiger partial charge in [0.15, 0.2) is 0 Å². The normalized spacial score (nSPS) is 32.1. The molecule has 1 fully saturated rings. The molecule has 1 saturated carbocycles.